The van der Waals surface area contributed by atoms with Crippen LogP contribution in [0.15, 0.2) is 24.8 Å². The van der Waals surface area contributed by atoms with Gasteiger partial charge in [0.25, 0.3) is 0 Å². The molecule has 0 spiro atoms. The lowest BCUT2D eigenvalue weighted by molar-refractivity contribution is -0.0374. The van der Waals surface area contributed by atoms with E-state index in [2.05, 4.69) is 31.2 Å². The highest BCUT2D eigenvalue weighted by atomic mass is 16.5. The highest BCUT2D eigenvalue weighted by Crippen LogP contribution is 2.30. The molecule has 1 saturated carbocycles. The van der Waals surface area contributed by atoms with E-state index in [-0.39, 0.29) is 0 Å². The second-order valence-electron chi connectivity index (χ2n) is 6.95. The highest BCUT2D eigenvalue weighted by Gasteiger charge is 2.27. The van der Waals surface area contributed by atoms with Crippen LogP contribution in [0.5, 0.6) is 0 Å². The van der Waals surface area contributed by atoms with Gasteiger partial charge >= 0.3 is 0 Å². The first-order valence-corrected chi connectivity index (χ1v) is 8.56. The van der Waals surface area contributed by atoms with Crippen LogP contribution < -0.4 is 0 Å². The SMILES string of the molecule is CN1CCO[C@@H](CN(Cc2cnc3cnccn23)CC2CC2)C1. The van der Waals surface area contributed by atoms with Gasteiger partial charge in [0.2, 0.25) is 0 Å². The summed E-state index contributed by atoms with van der Waals surface area (Å²) in [6.45, 7) is 6.00. The number of hydrogen-bond donors (Lipinski definition) is 0. The number of imidazole rings is 1. The monoisotopic (exact) mass is 315 g/mol. The van der Waals surface area contributed by atoms with Gasteiger partial charge in [-0.05, 0) is 25.8 Å². The largest absolute Gasteiger partial charge is 0.374 e. The van der Waals surface area contributed by atoms with Gasteiger partial charge in [-0.2, -0.15) is 0 Å². The first kappa shape index (κ1) is 15.1. The standard InChI is InChI=1S/C17H25N5O/c1-20-6-7-23-16(12-20)13-21(10-14-2-3-14)11-15-8-19-17-9-18-4-5-22(15)17/h4-5,8-9,14,16H,2-3,6-7,10-13H2,1H3/t16-/m1/s1. The van der Waals surface area contributed by atoms with E-state index in [1.54, 1.807) is 0 Å². The molecule has 2 aromatic rings. The summed E-state index contributed by atoms with van der Waals surface area (Å²) in [5, 5.41) is 0. The fraction of sp³-hybridized carbons (Fsp3) is 0.647. The van der Waals surface area contributed by atoms with Crippen molar-refractivity contribution in [2.75, 3.05) is 39.8 Å². The van der Waals surface area contributed by atoms with Crippen LogP contribution in [-0.4, -0.2) is 70.1 Å². The fourth-order valence-electron chi connectivity index (χ4n) is 3.38. The summed E-state index contributed by atoms with van der Waals surface area (Å²) in [5.41, 5.74) is 2.15. The highest BCUT2D eigenvalue weighted by molar-refractivity contribution is 5.36. The number of aromatic nitrogens is 3. The molecule has 1 atom stereocenters. The molecule has 0 aromatic carbocycles. The van der Waals surface area contributed by atoms with Crippen molar-refractivity contribution in [3.05, 3.63) is 30.5 Å². The van der Waals surface area contributed by atoms with Gasteiger partial charge in [0.15, 0.2) is 5.65 Å². The van der Waals surface area contributed by atoms with Crippen molar-refractivity contribution in [1.29, 1.82) is 0 Å². The zero-order chi connectivity index (χ0) is 15.6. The van der Waals surface area contributed by atoms with Gasteiger partial charge in [-0.3, -0.25) is 14.3 Å². The lowest BCUT2D eigenvalue weighted by Crippen LogP contribution is -2.46. The summed E-state index contributed by atoms with van der Waals surface area (Å²) >= 11 is 0. The van der Waals surface area contributed by atoms with E-state index in [0.717, 1.165) is 44.4 Å². The van der Waals surface area contributed by atoms with Crippen LogP contribution in [0.2, 0.25) is 0 Å². The Morgan fingerprint density at radius 1 is 1.30 bits per heavy atom. The topological polar surface area (TPSA) is 45.9 Å². The number of fused-ring (bicyclic) bond motifs is 1. The van der Waals surface area contributed by atoms with Gasteiger partial charge in [0.1, 0.15) is 0 Å². The second kappa shape index (κ2) is 6.55. The number of morpholine rings is 1. The molecule has 3 heterocycles. The Hall–Kier alpha value is -1.50. The molecule has 2 fully saturated rings. The Labute approximate surface area is 137 Å². The van der Waals surface area contributed by atoms with Crippen LogP contribution >= 0.6 is 0 Å². The van der Waals surface area contributed by atoms with Crippen LogP contribution in [0.3, 0.4) is 0 Å². The third kappa shape index (κ3) is 3.71. The van der Waals surface area contributed by atoms with E-state index in [4.69, 9.17) is 4.74 Å². The van der Waals surface area contributed by atoms with Crippen LogP contribution in [0.1, 0.15) is 18.5 Å². The molecule has 6 heteroatoms. The minimum Gasteiger partial charge on any atom is -0.374 e. The number of rotatable bonds is 6. The Morgan fingerprint density at radius 3 is 3.04 bits per heavy atom. The number of nitrogens with zero attached hydrogens (tertiary/aromatic N) is 5. The number of hydrogen-bond acceptors (Lipinski definition) is 5. The number of likely N-dealkylation sites (N-methyl/N-ethyl adjacent to an activating group) is 1. The maximum absolute atomic E-state index is 5.97. The van der Waals surface area contributed by atoms with Gasteiger partial charge < -0.3 is 9.64 Å². The smallest absolute Gasteiger partial charge is 0.155 e. The Balaban J connectivity index is 1.46. The summed E-state index contributed by atoms with van der Waals surface area (Å²) in [5.74, 6) is 0.872. The molecule has 1 aliphatic heterocycles. The lowest BCUT2D eigenvalue weighted by Gasteiger charge is -2.34. The van der Waals surface area contributed by atoms with Crippen molar-refractivity contribution in [2.45, 2.75) is 25.5 Å². The molecule has 0 unspecified atom stereocenters. The summed E-state index contributed by atoms with van der Waals surface area (Å²) in [6.07, 6.45) is 10.7. The molecule has 0 radical (unpaired) electrons. The molecule has 2 aliphatic rings. The summed E-state index contributed by atoms with van der Waals surface area (Å²) < 4.78 is 8.11. The zero-order valence-corrected chi connectivity index (χ0v) is 13.8. The normalized spacial score (nSPS) is 23.0. The van der Waals surface area contributed by atoms with Crippen molar-refractivity contribution in [3.63, 3.8) is 0 Å². The molecular formula is C17H25N5O. The second-order valence-corrected chi connectivity index (χ2v) is 6.95. The summed E-state index contributed by atoms with van der Waals surface area (Å²) in [7, 11) is 2.18. The average Bonchev–Trinajstić information content (AvgIpc) is 3.27. The fourth-order valence-corrected chi connectivity index (χ4v) is 3.38. The van der Waals surface area contributed by atoms with Crippen molar-refractivity contribution >= 4 is 5.65 Å². The third-order valence-electron chi connectivity index (χ3n) is 4.80. The van der Waals surface area contributed by atoms with Crippen molar-refractivity contribution < 1.29 is 4.74 Å². The van der Waals surface area contributed by atoms with Crippen LogP contribution in [-0.2, 0) is 11.3 Å². The minimum absolute atomic E-state index is 0.313. The van der Waals surface area contributed by atoms with Crippen LogP contribution in [0, 0.1) is 5.92 Å². The molecule has 6 nitrogen and oxygen atoms in total. The van der Waals surface area contributed by atoms with Gasteiger partial charge in [-0.25, -0.2) is 4.98 Å². The molecule has 124 valence electrons. The van der Waals surface area contributed by atoms with Crippen molar-refractivity contribution in [2.24, 2.45) is 5.92 Å². The van der Waals surface area contributed by atoms with Crippen molar-refractivity contribution in [1.82, 2.24) is 24.2 Å². The van der Waals surface area contributed by atoms with E-state index in [1.165, 1.54) is 25.1 Å². The molecule has 4 rings (SSSR count). The predicted molar refractivity (Wildman–Crippen MR) is 88.2 cm³/mol. The lowest BCUT2D eigenvalue weighted by atomic mass is 10.2. The van der Waals surface area contributed by atoms with E-state index in [1.807, 2.05) is 24.8 Å². The molecule has 1 saturated heterocycles. The van der Waals surface area contributed by atoms with E-state index in [0.29, 0.717) is 6.10 Å². The van der Waals surface area contributed by atoms with Gasteiger partial charge in [-0.15, -0.1) is 0 Å². The van der Waals surface area contributed by atoms with E-state index >= 15 is 0 Å². The quantitative estimate of drug-likeness (QED) is 0.803. The predicted octanol–water partition coefficient (Wildman–Crippen LogP) is 1.27. The maximum Gasteiger partial charge on any atom is 0.155 e. The molecule has 1 aliphatic carbocycles. The van der Waals surface area contributed by atoms with Gasteiger partial charge in [-0.1, -0.05) is 0 Å². The van der Waals surface area contributed by atoms with Crippen LogP contribution in [0.4, 0.5) is 0 Å². The Bertz CT molecular complexity index is 653. The van der Waals surface area contributed by atoms with E-state index < -0.39 is 0 Å². The average molecular weight is 315 g/mol. The molecule has 0 bridgehead atoms. The van der Waals surface area contributed by atoms with Gasteiger partial charge in [0, 0.05) is 45.1 Å². The molecular weight excluding hydrogens is 290 g/mol. The zero-order valence-electron chi connectivity index (χ0n) is 13.8. The molecule has 2 aromatic heterocycles. The molecule has 0 N–H and O–H groups in total. The van der Waals surface area contributed by atoms with E-state index in [9.17, 15) is 0 Å². The molecule has 0 amide bonds. The maximum atomic E-state index is 5.97. The van der Waals surface area contributed by atoms with Gasteiger partial charge in [0.05, 0.1) is 30.8 Å². The first-order chi connectivity index (χ1) is 11.3. The summed E-state index contributed by atoms with van der Waals surface area (Å²) in [4.78, 5) is 13.5. The summed E-state index contributed by atoms with van der Waals surface area (Å²) in [6, 6.07) is 0. The first-order valence-electron chi connectivity index (χ1n) is 8.56. The third-order valence-corrected chi connectivity index (χ3v) is 4.80. The van der Waals surface area contributed by atoms with Crippen LogP contribution in [0.25, 0.3) is 5.65 Å². The van der Waals surface area contributed by atoms with Crippen molar-refractivity contribution in [3.8, 4) is 0 Å². The minimum atomic E-state index is 0.313. The number of ether oxygens (including phenoxy) is 1. The Kier molecular flexibility index (Phi) is 4.29. The Morgan fingerprint density at radius 2 is 2.22 bits per heavy atom. The molecule has 23 heavy (non-hydrogen) atoms.